The molecule has 4 rings (SSSR count). The molecule has 0 radical (unpaired) electrons. The minimum absolute atomic E-state index is 0.00799. The molecule has 1 aliphatic heterocycles. The van der Waals surface area contributed by atoms with Crippen molar-refractivity contribution >= 4 is 86.9 Å². The fourth-order valence-electron chi connectivity index (χ4n) is 3.56. The molecule has 0 saturated carbocycles. The van der Waals surface area contributed by atoms with Crippen LogP contribution in [0.3, 0.4) is 0 Å². The van der Waals surface area contributed by atoms with Crippen molar-refractivity contribution in [3.63, 3.8) is 0 Å². The van der Waals surface area contributed by atoms with Crippen LogP contribution < -0.4 is 15.4 Å². The fraction of sp³-hybridized carbons (Fsp3) is 0.154. The molecule has 0 bridgehead atoms. The lowest BCUT2D eigenvalue weighted by atomic mass is 10.1. The number of carbonyl (C=O) groups excluding carboxylic acids is 3. The second-order valence-corrected chi connectivity index (χ2v) is 9.62. The lowest BCUT2D eigenvalue weighted by Crippen LogP contribution is -2.31. The van der Waals surface area contributed by atoms with Crippen molar-refractivity contribution < 1.29 is 19.1 Å². The summed E-state index contributed by atoms with van der Waals surface area (Å²) < 4.78 is 5.38. The van der Waals surface area contributed by atoms with Gasteiger partial charge in [-0.15, -0.1) is 0 Å². The van der Waals surface area contributed by atoms with Crippen LogP contribution in [0, 0.1) is 0 Å². The molecule has 3 aromatic carbocycles. The average Bonchev–Trinajstić information content (AvgIpc) is 3.23. The third-order valence-electron chi connectivity index (χ3n) is 5.41. The molecule has 1 aliphatic rings. The van der Waals surface area contributed by atoms with Crippen molar-refractivity contribution in [1.82, 2.24) is 5.32 Å². The van der Waals surface area contributed by atoms with Gasteiger partial charge >= 0.3 is 0 Å². The molecule has 3 aromatic rings. The van der Waals surface area contributed by atoms with Gasteiger partial charge in [-0.1, -0.05) is 46.4 Å². The molecule has 2 amide bonds. The van der Waals surface area contributed by atoms with Crippen molar-refractivity contribution in [3.8, 4) is 5.75 Å². The highest BCUT2D eigenvalue weighted by Crippen LogP contribution is 2.43. The number of hydrogen-bond acceptors (Lipinski definition) is 7. The van der Waals surface area contributed by atoms with Crippen molar-refractivity contribution in [2.75, 3.05) is 11.9 Å². The Morgan fingerprint density at radius 3 is 2.08 bits per heavy atom. The topological polar surface area (TPSA) is 122 Å². The Bertz CT molecular complexity index is 1520. The van der Waals surface area contributed by atoms with Crippen molar-refractivity contribution in [2.45, 2.75) is 19.9 Å². The van der Waals surface area contributed by atoms with E-state index < -0.39 is 23.6 Å². The van der Waals surface area contributed by atoms with E-state index in [1.54, 1.807) is 48.5 Å². The summed E-state index contributed by atoms with van der Waals surface area (Å²) in [7, 11) is 0. The molecule has 1 unspecified atom stereocenters. The number of anilines is 1. The predicted molar refractivity (Wildman–Crippen MR) is 152 cm³/mol. The number of ether oxygens (including phenoxy) is 1. The zero-order valence-corrected chi connectivity index (χ0v) is 23.4. The zero-order valence-electron chi connectivity index (χ0n) is 20.4. The summed E-state index contributed by atoms with van der Waals surface area (Å²) >= 11 is 24.7. The standard InChI is InChI=1S/C26H19Cl4N5O4/c1-3-39-16-10-8-14(9-11-16)32-26(38)23(12(2)36)35-34-15-6-4-13(5-7-15)31-24-17-18(25(37)33-24)20(28)22(30)21(29)19(17)27/h4-11,23H,3H2,1-2H3,(H,32,38)(H,31,33,37). The van der Waals surface area contributed by atoms with Crippen LogP contribution in [0.1, 0.15) is 29.8 Å². The number of amides is 2. The number of benzene rings is 3. The molecule has 39 heavy (non-hydrogen) atoms. The Balaban J connectivity index is 1.50. The van der Waals surface area contributed by atoms with Crippen LogP contribution in [0.4, 0.5) is 17.1 Å². The number of hydrogen-bond donors (Lipinski definition) is 2. The molecule has 0 spiro atoms. The van der Waals surface area contributed by atoms with E-state index in [-0.39, 0.29) is 37.1 Å². The maximum absolute atomic E-state index is 12.7. The van der Waals surface area contributed by atoms with Gasteiger partial charge in [-0.2, -0.15) is 10.2 Å². The monoisotopic (exact) mass is 605 g/mol. The number of amidine groups is 1. The Morgan fingerprint density at radius 1 is 0.897 bits per heavy atom. The Kier molecular flexibility index (Phi) is 8.87. The maximum Gasteiger partial charge on any atom is 0.259 e. The third-order valence-corrected chi connectivity index (χ3v) is 7.21. The van der Waals surface area contributed by atoms with E-state index in [1.165, 1.54) is 6.92 Å². The van der Waals surface area contributed by atoms with Gasteiger partial charge in [-0.25, -0.2) is 4.99 Å². The molecule has 0 saturated heterocycles. The van der Waals surface area contributed by atoms with Crippen LogP contribution >= 0.6 is 46.4 Å². The largest absolute Gasteiger partial charge is 0.494 e. The van der Waals surface area contributed by atoms with E-state index in [2.05, 4.69) is 25.9 Å². The normalized spacial score (nSPS) is 14.3. The van der Waals surface area contributed by atoms with Gasteiger partial charge < -0.3 is 15.4 Å². The smallest absolute Gasteiger partial charge is 0.259 e. The SMILES string of the molecule is CCOc1ccc(NC(=O)C(N=Nc2ccc(N=C3NC(=O)c4c(Cl)c(Cl)c(Cl)c(Cl)c43)cc2)C(C)=O)cc1. The van der Waals surface area contributed by atoms with Crippen LogP contribution in [-0.2, 0) is 9.59 Å². The number of nitrogens with zero attached hydrogens (tertiary/aromatic N) is 3. The summed E-state index contributed by atoms with van der Waals surface area (Å²) in [6.07, 6.45) is 0. The number of aliphatic imine (C=N–C) groups is 1. The first-order chi connectivity index (χ1) is 18.6. The van der Waals surface area contributed by atoms with Gasteiger partial charge in [-0.3, -0.25) is 14.4 Å². The summed E-state index contributed by atoms with van der Waals surface area (Å²) in [5.41, 5.74) is 1.61. The minimum Gasteiger partial charge on any atom is -0.494 e. The highest BCUT2D eigenvalue weighted by atomic mass is 35.5. The van der Waals surface area contributed by atoms with E-state index in [9.17, 15) is 14.4 Å². The molecular formula is C26H19Cl4N5O4. The summed E-state index contributed by atoms with van der Waals surface area (Å²) in [6.45, 7) is 3.64. The molecule has 0 fully saturated rings. The molecule has 1 heterocycles. The van der Waals surface area contributed by atoms with Crippen LogP contribution in [0.5, 0.6) is 5.75 Å². The number of rotatable bonds is 8. The Hall–Kier alpha value is -3.50. The maximum atomic E-state index is 12.7. The molecule has 0 aromatic heterocycles. The van der Waals surface area contributed by atoms with Gasteiger partial charge in [0.2, 0.25) is 6.04 Å². The summed E-state index contributed by atoms with van der Waals surface area (Å²) in [5.74, 6) is -0.805. The van der Waals surface area contributed by atoms with E-state index in [4.69, 9.17) is 51.1 Å². The van der Waals surface area contributed by atoms with Crippen LogP contribution in [0.15, 0.2) is 63.8 Å². The zero-order chi connectivity index (χ0) is 28.3. The molecule has 9 nitrogen and oxygen atoms in total. The number of azo groups is 1. The first-order valence-electron chi connectivity index (χ1n) is 11.4. The second kappa shape index (κ2) is 12.1. The number of nitrogens with one attached hydrogen (secondary N) is 2. The third kappa shape index (κ3) is 6.23. The van der Waals surface area contributed by atoms with Gasteiger partial charge in [0, 0.05) is 5.69 Å². The van der Waals surface area contributed by atoms with Gasteiger partial charge in [0.1, 0.15) is 11.6 Å². The van der Waals surface area contributed by atoms with Crippen molar-refractivity contribution in [3.05, 3.63) is 79.7 Å². The molecule has 1 atom stereocenters. The van der Waals surface area contributed by atoms with Gasteiger partial charge in [0.15, 0.2) is 5.78 Å². The Labute approximate surface area is 243 Å². The first kappa shape index (κ1) is 28.5. The van der Waals surface area contributed by atoms with Gasteiger partial charge in [-0.05, 0) is 62.4 Å². The number of carbonyl (C=O) groups is 3. The minimum atomic E-state index is -1.34. The predicted octanol–water partition coefficient (Wildman–Crippen LogP) is 7.20. The number of fused-ring (bicyclic) bond motifs is 1. The van der Waals surface area contributed by atoms with Crippen molar-refractivity contribution in [1.29, 1.82) is 0 Å². The van der Waals surface area contributed by atoms with Crippen LogP contribution in [0.2, 0.25) is 20.1 Å². The van der Waals surface area contributed by atoms with Gasteiger partial charge in [0.25, 0.3) is 11.8 Å². The first-order valence-corrected chi connectivity index (χ1v) is 12.9. The fourth-order valence-corrected chi connectivity index (χ4v) is 4.59. The van der Waals surface area contributed by atoms with E-state index in [1.807, 2.05) is 6.92 Å². The highest BCUT2D eigenvalue weighted by molar-refractivity contribution is 6.55. The summed E-state index contributed by atoms with van der Waals surface area (Å²) in [4.78, 5) is 41.6. The second-order valence-electron chi connectivity index (χ2n) is 8.11. The Morgan fingerprint density at radius 2 is 1.49 bits per heavy atom. The van der Waals surface area contributed by atoms with Crippen molar-refractivity contribution in [2.24, 2.45) is 15.2 Å². The van der Waals surface area contributed by atoms with E-state index >= 15 is 0 Å². The molecular weight excluding hydrogens is 588 g/mol. The molecule has 200 valence electrons. The van der Waals surface area contributed by atoms with Crippen LogP contribution in [-0.4, -0.2) is 36.1 Å². The lowest BCUT2D eigenvalue weighted by Gasteiger charge is -2.10. The lowest BCUT2D eigenvalue weighted by molar-refractivity contribution is -0.126. The average molecular weight is 607 g/mol. The van der Waals surface area contributed by atoms with Gasteiger partial charge in [0.05, 0.1) is 49.2 Å². The number of halogens is 4. The molecule has 13 heteroatoms. The quantitative estimate of drug-likeness (QED) is 0.122. The van der Waals surface area contributed by atoms with E-state index in [0.29, 0.717) is 29.4 Å². The van der Waals surface area contributed by atoms with Crippen LogP contribution in [0.25, 0.3) is 0 Å². The van der Waals surface area contributed by atoms with E-state index in [0.717, 1.165) is 0 Å². The number of Topliss-reactive ketones (excluding diaryl/α,β-unsaturated/α-hetero) is 1. The summed E-state index contributed by atoms with van der Waals surface area (Å²) in [5, 5.41) is 13.2. The molecule has 0 aliphatic carbocycles. The highest BCUT2D eigenvalue weighted by Gasteiger charge is 2.34. The summed E-state index contributed by atoms with van der Waals surface area (Å²) in [6, 6.07) is 11.7. The molecule has 2 N–H and O–H groups in total. The number of ketones is 1.